The Hall–Kier alpha value is -1.40. The molecule has 0 aliphatic rings. The lowest BCUT2D eigenvalue weighted by Crippen LogP contribution is -2.29. The number of sulfone groups is 1. The Kier molecular flexibility index (Phi) is 5.50. The summed E-state index contributed by atoms with van der Waals surface area (Å²) in [6.45, 7) is 6.24. The molecule has 0 heterocycles. The second-order valence-corrected chi connectivity index (χ2v) is 6.39. The summed E-state index contributed by atoms with van der Waals surface area (Å²) in [4.78, 5) is 2.35. The third kappa shape index (κ3) is 4.33. The predicted octanol–water partition coefficient (Wildman–Crippen LogP) is 1.09. The molecule has 1 rings (SSSR count). The van der Waals surface area contributed by atoms with Crippen LogP contribution in [-0.2, 0) is 9.84 Å². The van der Waals surface area contributed by atoms with Gasteiger partial charge in [0, 0.05) is 12.1 Å². The van der Waals surface area contributed by atoms with Gasteiger partial charge < -0.3 is 10.6 Å². The van der Waals surface area contributed by atoms with Gasteiger partial charge in [-0.1, -0.05) is 26.0 Å². The maximum atomic E-state index is 12.1. The van der Waals surface area contributed by atoms with Crippen molar-refractivity contribution in [2.75, 3.05) is 25.4 Å². The SMILES string of the molecule is CCN(CC)CCS(=O)(=O)c1ccc(C(=N)N)cc1. The molecule has 1 aromatic rings. The molecule has 0 unspecified atom stereocenters. The van der Waals surface area contributed by atoms with Crippen LogP contribution >= 0.6 is 0 Å². The predicted molar refractivity (Wildman–Crippen MR) is 77.3 cm³/mol. The average molecular weight is 283 g/mol. The Bertz CT molecular complexity index is 519. The number of nitrogen functional groups attached to an aromatic ring is 1. The summed E-state index contributed by atoms with van der Waals surface area (Å²) in [5, 5.41) is 7.27. The van der Waals surface area contributed by atoms with E-state index in [0.29, 0.717) is 12.1 Å². The van der Waals surface area contributed by atoms with Gasteiger partial charge in [0.25, 0.3) is 0 Å². The zero-order valence-corrected chi connectivity index (χ0v) is 12.2. The first kappa shape index (κ1) is 15.7. The Morgan fingerprint density at radius 1 is 1.21 bits per heavy atom. The summed E-state index contributed by atoms with van der Waals surface area (Å²) in [6, 6.07) is 6.14. The molecule has 5 nitrogen and oxygen atoms in total. The van der Waals surface area contributed by atoms with Gasteiger partial charge in [-0.3, -0.25) is 5.41 Å². The normalized spacial score (nSPS) is 11.7. The van der Waals surface area contributed by atoms with Crippen molar-refractivity contribution in [1.82, 2.24) is 4.90 Å². The van der Waals surface area contributed by atoms with Crippen molar-refractivity contribution >= 4 is 15.7 Å². The highest BCUT2D eigenvalue weighted by molar-refractivity contribution is 7.91. The number of nitrogens with two attached hydrogens (primary N) is 1. The summed E-state index contributed by atoms with van der Waals surface area (Å²) in [5.41, 5.74) is 5.86. The van der Waals surface area contributed by atoms with E-state index in [1.54, 1.807) is 12.1 Å². The second kappa shape index (κ2) is 6.68. The minimum Gasteiger partial charge on any atom is -0.384 e. The number of amidine groups is 1. The zero-order valence-electron chi connectivity index (χ0n) is 11.4. The Morgan fingerprint density at radius 3 is 2.16 bits per heavy atom. The summed E-state index contributed by atoms with van der Waals surface area (Å²) in [6.07, 6.45) is 0. The Balaban J connectivity index is 2.80. The molecule has 0 saturated heterocycles. The van der Waals surface area contributed by atoms with Gasteiger partial charge >= 0.3 is 0 Å². The minimum absolute atomic E-state index is 0.0629. The quantitative estimate of drug-likeness (QED) is 0.579. The summed E-state index contributed by atoms with van der Waals surface area (Å²) < 4.78 is 24.3. The van der Waals surface area contributed by atoms with Crippen molar-refractivity contribution in [2.24, 2.45) is 5.73 Å². The van der Waals surface area contributed by atoms with Gasteiger partial charge in [0.15, 0.2) is 9.84 Å². The molecule has 0 amide bonds. The standard InChI is InChI=1S/C13H21N3O2S/c1-3-16(4-2)9-10-19(17,18)12-7-5-11(6-8-12)13(14)15/h5-8H,3-4,9-10H2,1-2H3,(H3,14,15). The fourth-order valence-corrected chi connectivity index (χ4v) is 3.03. The molecule has 1 aromatic carbocycles. The number of nitrogens with one attached hydrogen (secondary N) is 1. The van der Waals surface area contributed by atoms with Gasteiger partial charge in [0.05, 0.1) is 10.6 Å². The monoisotopic (exact) mass is 283 g/mol. The topological polar surface area (TPSA) is 87.2 Å². The lowest BCUT2D eigenvalue weighted by atomic mass is 10.2. The summed E-state index contributed by atoms with van der Waals surface area (Å²) in [7, 11) is -3.27. The highest BCUT2D eigenvalue weighted by Crippen LogP contribution is 2.12. The molecule has 0 atom stereocenters. The molecule has 19 heavy (non-hydrogen) atoms. The van der Waals surface area contributed by atoms with Crippen LogP contribution in [0.5, 0.6) is 0 Å². The molecule has 0 bridgehead atoms. The van der Waals surface area contributed by atoms with Gasteiger partial charge in [0.1, 0.15) is 5.84 Å². The number of rotatable bonds is 7. The molecule has 0 radical (unpaired) electrons. The molecule has 0 saturated carbocycles. The highest BCUT2D eigenvalue weighted by atomic mass is 32.2. The average Bonchev–Trinajstić information content (AvgIpc) is 2.40. The molecule has 0 aliphatic heterocycles. The zero-order chi connectivity index (χ0) is 14.5. The maximum Gasteiger partial charge on any atom is 0.179 e. The van der Waals surface area contributed by atoms with E-state index in [9.17, 15) is 8.42 Å². The van der Waals surface area contributed by atoms with Crippen LogP contribution < -0.4 is 5.73 Å². The van der Waals surface area contributed by atoms with Crippen LogP contribution in [0.25, 0.3) is 0 Å². The summed E-state index contributed by atoms with van der Waals surface area (Å²) >= 11 is 0. The molecule has 106 valence electrons. The van der Waals surface area contributed by atoms with Crippen LogP contribution in [0.2, 0.25) is 0 Å². The van der Waals surface area contributed by atoms with Crippen molar-refractivity contribution in [3.8, 4) is 0 Å². The van der Waals surface area contributed by atoms with E-state index in [2.05, 4.69) is 4.90 Å². The molecule has 0 spiro atoms. The second-order valence-electron chi connectivity index (χ2n) is 4.28. The maximum absolute atomic E-state index is 12.1. The van der Waals surface area contributed by atoms with E-state index in [1.807, 2.05) is 13.8 Å². The van der Waals surface area contributed by atoms with Crippen LogP contribution in [-0.4, -0.2) is 44.5 Å². The first-order chi connectivity index (χ1) is 8.90. The van der Waals surface area contributed by atoms with Crippen molar-refractivity contribution in [3.05, 3.63) is 29.8 Å². The smallest absolute Gasteiger partial charge is 0.179 e. The van der Waals surface area contributed by atoms with Crippen molar-refractivity contribution < 1.29 is 8.42 Å². The molecule has 0 aliphatic carbocycles. The number of hydrogen-bond acceptors (Lipinski definition) is 4. The largest absolute Gasteiger partial charge is 0.384 e. The van der Waals surface area contributed by atoms with Crippen LogP contribution in [0.4, 0.5) is 0 Å². The van der Waals surface area contributed by atoms with Crippen LogP contribution in [0.1, 0.15) is 19.4 Å². The Labute approximate surface area is 114 Å². The van der Waals surface area contributed by atoms with Crippen molar-refractivity contribution in [2.45, 2.75) is 18.7 Å². The molecule has 6 heteroatoms. The Morgan fingerprint density at radius 2 is 1.74 bits per heavy atom. The van der Waals surface area contributed by atoms with E-state index in [4.69, 9.17) is 11.1 Å². The van der Waals surface area contributed by atoms with Gasteiger partial charge in [-0.2, -0.15) is 0 Å². The lowest BCUT2D eigenvalue weighted by Gasteiger charge is -2.17. The van der Waals surface area contributed by atoms with E-state index in [0.717, 1.165) is 13.1 Å². The van der Waals surface area contributed by atoms with Crippen LogP contribution in [0.15, 0.2) is 29.2 Å². The fraction of sp³-hybridized carbons (Fsp3) is 0.462. The first-order valence-corrected chi connectivity index (χ1v) is 7.95. The molecule has 0 aromatic heterocycles. The van der Waals surface area contributed by atoms with Gasteiger partial charge in [0.2, 0.25) is 0 Å². The van der Waals surface area contributed by atoms with E-state index in [-0.39, 0.29) is 16.5 Å². The molecule has 3 N–H and O–H groups in total. The molecular weight excluding hydrogens is 262 g/mol. The highest BCUT2D eigenvalue weighted by Gasteiger charge is 2.15. The number of hydrogen-bond donors (Lipinski definition) is 2. The number of nitrogens with zero attached hydrogens (tertiary/aromatic N) is 1. The van der Waals surface area contributed by atoms with Gasteiger partial charge in [-0.15, -0.1) is 0 Å². The van der Waals surface area contributed by atoms with Crippen molar-refractivity contribution in [3.63, 3.8) is 0 Å². The van der Waals surface area contributed by atoms with Crippen molar-refractivity contribution in [1.29, 1.82) is 5.41 Å². The minimum atomic E-state index is -3.27. The van der Waals surface area contributed by atoms with E-state index < -0.39 is 9.84 Å². The lowest BCUT2D eigenvalue weighted by molar-refractivity contribution is 0.321. The van der Waals surface area contributed by atoms with Crippen LogP contribution in [0.3, 0.4) is 0 Å². The fourth-order valence-electron chi connectivity index (χ4n) is 1.75. The van der Waals surface area contributed by atoms with Crippen LogP contribution in [0, 0.1) is 5.41 Å². The molecule has 0 fully saturated rings. The summed E-state index contributed by atoms with van der Waals surface area (Å²) in [5.74, 6) is 0.0424. The first-order valence-electron chi connectivity index (χ1n) is 6.30. The van der Waals surface area contributed by atoms with E-state index >= 15 is 0 Å². The van der Waals surface area contributed by atoms with Gasteiger partial charge in [-0.25, -0.2) is 8.42 Å². The third-order valence-electron chi connectivity index (χ3n) is 3.10. The molecular formula is C13H21N3O2S. The number of benzene rings is 1. The van der Waals surface area contributed by atoms with Gasteiger partial charge in [-0.05, 0) is 25.2 Å². The van der Waals surface area contributed by atoms with E-state index in [1.165, 1.54) is 12.1 Å². The third-order valence-corrected chi connectivity index (χ3v) is 4.81.